The summed E-state index contributed by atoms with van der Waals surface area (Å²) in [6.45, 7) is 1.83. The average molecular weight is 208 g/mol. The maximum atomic E-state index is 11.8. The highest BCUT2D eigenvalue weighted by molar-refractivity contribution is 5.91. The van der Waals surface area contributed by atoms with Crippen molar-refractivity contribution in [2.75, 3.05) is 5.32 Å². The molecule has 15 heavy (non-hydrogen) atoms. The van der Waals surface area contributed by atoms with Crippen LogP contribution in [0.4, 0.5) is 5.88 Å². The van der Waals surface area contributed by atoms with E-state index in [1.165, 1.54) is 6.42 Å². The maximum Gasteiger partial charge on any atom is 0.231 e. The molecule has 0 spiro atoms. The predicted molar refractivity (Wildman–Crippen MR) is 56.4 cm³/mol. The molecular formula is C11H16N2O2. The molecule has 0 atom stereocenters. The minimum absolute atomic E-state index is 0.0749. The van der Waals surface area contributed by atoms with Crippen molar-refractivity contribution in [1.29, 1.82) is 0 Å². The molecule has 1 N–H and O–H groups in total. The number of aromatic nitrogens is 1. The molecule has 4 heteroatoms. The SMILES string of the molecule is Cc1cc(NC(=O)C2CCCCC2)on1. The average Bonchev–Trinajstić information content (AvgIpc) is 2.65. The lowest BCUT2D eigenvalue weighted by Crippen LogP contribution is -2.24. The Labute approximate surface area is 89.0 Å². The lowest BCUT2D eigenvalue weighted by atomic mass is 9.89. The highest BCUT2D eigenvalue weighted by Crippen LogP contribution is 2.24. The molecule has 1 heterocycles. The number of hydrogen-bond acceptors (Lipinski definition) is 3. The van der Waals surface area contributed by atoms with Crippen molar-refractivity contribution >= 4 is 11.8 Å². The number of amides is 1. The number of hydrogen-bond donors (Lipinski definition) is 1. The number of anilines is 1. The summed E-state index contributed by atoms with van der Waals surface area (Å²) in [4.78, 5) is 11.8. The van der Waals surface area contributed by atoms with Crippen molar-refractivity contribution in [1.82, 2.24) is 5.16 Å². The van der Waals surface area contributed by atoms with Gasteiger partial charge in [-0.05, 0) is 19.8 Å². The number of aryl methyl sites for hydroxylation is 1. The second-order valence-electron chi connectivity index (χ2n) is 4.16. The van der Waals surface area contributed by atoms with Crippen molar-refractivity contribution in [3.63, 3.8) is 0 Å². The van der Waals surface area contributed by atoms with Crippen LogP contribution in [0.1, 0.15) is 37.8 Å². The number of carbonyl (C=O) groups is 1. The van der Waals surface area contributed by atoms with Crippen LogP contribution in [-0.4, -0.2) is 11.1 Å². The Kier molecular flexibility index (Phi) is 3.04. The van der Waals surface area contributed by atoms with E-state index >= 15 is 0 Å². The van der Waals surface area contributed by atoms with Crippen LogP contribution < -0.4 is 5.32 Å². The molecule has 0 bridgehead atoms. The Hall–Kier alpha value is -1.32. The molecule has 1 aromatic heterocycles. The van der Waals surface area contributed by atoms with Crippen molar-refractivity contribution in [2.24, 2.45) is 5.92 Å². The second kappa shape index (κ2) is 4.47. The van der Waals surface area contributed by atoms with Gasteiger partial charge in [-0.1, -0.05) is 24.4 Å². The number of nitrogens with one attached hydrogen (secondary N) is 1. The van der Waals surface area contributed by atoms with Crippen LogP contribution in [0.25, 0.3) is 0 Å². The van der Waals surface area contributed by atoms with Crippen LogP contribution >= 0.6 is 0 Å². The topological polar surface area (TPSA) is 55.1 Å². The van der Waals surface area contributed by atoms with E-state index in [9.17, 15) is 4.79 Å². The molecule has 1 saturated carbocycles. The summed E-state index contributed by atoms with van der Waals surface area (Å²) in [5.74, 6) is 0.693. The van der Waals surface area contributed by atoms with E-state index in [-0.39, 0.29) is 11.8 Å². The zero-order valence-corrected chi connectivity index (χ0v) is 8.95. The van der Waals surface area contributed by atoms with Crippen LogP contribution in [0.3, 0.4) is 0 Å². The first kappa shape index (κ1) is 10.2. The van der Waals surface area contributed by atoms with E-state index in [1.807, 2.05) is 6.92 Å². The van der Waals surface area contributed by atoms with Crippen LogP contribution in [0.5, 0.6) is 0 Å². The molecule has 0 aromatic carbocycles. The van der Waals surface area contributed by atoms with Crippen LogP contribution in [0.2, 0.25) is 0 Å². The van der Waals surface area contributed by atoms with Crippen molar-refractivity contribution in [3.8, 4) is 0 Å². The molecule has 4 nitrogen and oxygen atoms in total. The third-order valence-electron chi connectivity index (χ3n) is 2.85. The van der Waals surface area contributed by atoms with Crippen LogP contribution in [0, 0.1) is 12.8 Å². The minimum Gasteiger partial charge on any atom is -0.338 e. The Balaban J connectivity index is 1.91. The first-order valence-electron chi connectivity index (χ1n) is 5.50. The Morgan fingerprint density at radius 1 is 1.47 bits per heavy atom. The molecule has 0 aliphatic heterocycles. The number of nitrogens with zero attached hydrogens (tertiary/aromatic N) is 1. The summed E-state index contributed by atoms with van der Waals surface area (Å²) in [6.07, 6.45) is 5.57. The first-order valence-corrected chi connectivity index (χ1v) is 5.50. The molecule has 1 aromatic rings. The molecule has 0 radical (unpaired) electrons. The monoisotopic (exact) mass is 208 g/mol. The van der Waals surface area contributed by atoms with E-state index in [4.69, 9.17) is 4.52 Å². The van der Waals surface area contributed by atoms with Gasteiger partial charge in [-0.2, -0.15) is 0 Å². The predicted octanol–water partition coefficient (Wildman–Crippen LogP) is 2.50. The third kappa shape index (κ3) is 2.58. The molecule has 1 aliphatic rings. The summed E-state index contributed by atoms with van der Waals surface area (Å²) >= 11 is 0. The van der Waals surface area contributed by atoms with Gasteiger partial charge in [0.25, 0.3) is 0 Å². The van der Waals surface area contributed by atoms with Gasteiger partial charge in [0.05, 0.1) is 5.69 Å². The molecule has 82 valence electrons. The fourth-order valence-electron chi connectivity index (χ4n) is 2.01. The van der Waals surface area contributed by atoms with Crippen LogP contribution in [0.15, 0.2) is 10.6 Å². The van der Waals surface area contributed by atoms with Gasteiger partial charge in [0.1, 0.15) is 0 Å². The van der Waals surface area contributed by atoms with Gasteiger partial charge in [0.15, 0.2) is 0 Å². The van der Waals surface area contributed by atoms with Crippen molar-refractivity contribution < 1.29 is 9.32 Å². The third-order valence-corrected chi connectivity index (χ3v) is 2.85. The van der Waals surface area contributed by atoms with Gasteiger partial charge in [-0.3, -0.25) is 10.1 Å². The molecule has 1 amide bonds. The van der Waals surface area contributed by atoms with E-state index < -0.39 is 0 Å². The fraction of sp³-hybridized carbons (Fsp3) is 0.636. The smallest absolute Gasteiger partial charge is 0.231 e. The number of carbonyl (C=O) groups excluding carboxylic acids is 1. The van der Waals surface area contributed by atoms with Gasteiger partial charge in [0, 0.05) is 12.0 Å². The zero-order valence-electron chi connectivity index (χ0n) is 8.95. The first-order chi connectivity index (χ1) is 7.25. The largest absolute Gasteiger partial charge is 0.338 e. The highest BCUT2D eigenvalue weighted by atomic mass is 16.5. The quantitative estimate of drug-likeness (QED) is 0.812. The summed E-state index contributed by atoms with van der Waals surface area (Å²) in [6, 6.07) is 1.74. The van der Waals surface area contributed by atoms with E-state index in [1.54, 1.807) is 6.07 Å². The summed E-state index contributed by atoms with van der Waals surface area (Å²) in [7, 11) is 0. The van der Waals surface area contributed by atoms with Gasteiger partial charge in [-0.25, -0.2) is 0 Å². The summed E-state index contributed by atoms with van der Waals surface area (Å²) in [5.41, 5.74) is 0.786. The van der Waals surface area contributed by atoms with Crippen molar-refractivity contribution in [2.45, 2.75) is 39.0 Å². The molecule has 0 unspecified atom stereocenters. The molecule has 1 fully saturated rings. The van der Waals surface area contributed by atoms with Gasteiger partial charge >= 0.3 is 0 Å². The summed E-state index contributed by atoms with van der Waals surface area (Å²) in [5, 5.41) is 6.49. The van der Waals surface area contributed by atoms with E-state index in [0.717, 1.165) is 31.4 Å². The molecular weight excluding hydrogens is 192 g/mol. The van der Waals surface area contributed by atoms with E-state index in [0.29, 0.717) is 5.88 Å². The zero-order chi connectivity index (χ0) is 10.7. The van der Waals surface area contributed by atoms with Gasteiger partial charge in [0.2, 0.25) is 11.8 Å². The Bertz CT molecular complexity index is 340. The second-order valence-corrected chi connectivity index (χ2v) is 4.16. The van der Waals surface area contributed by atoms with Gasteiger partial charge < -0.3 is 4.52 Å². The standard InChI is InChI=1S/C11H16N2O2/c1-8-7-10(15-13-8)12-11(14)9-5-3-2-4-6-9/h7,9H,2-6H2,1H3,(H,12,14). The normalized spacial score (nSPS) is 17.7. The van der Waals surface area contributed by atoms with Gasteiger partial charge in [-0.15, -0.1) is 0 Å². The summed E-state index contributed by atoms with van der Waals surface area (Å²) < 4.78 is 4.94. The maximum absolute atomic E-state index is 11.8. The number of rotatable bonds is 2. The Morgan fingerprint density at radius 2 is 2.20 bits per heavy atom. The Morgan fingerprint density at radius 3 is 2.80 bits per heavy atom. The fourth-order valence-corrected chi connectivity index (χ4v) is 2.01. The van der Waals surface area contributed by atoms with Crippen molar-refractivity contribution in [3.05, 3.63) is 11.8 Å². The highest BCUT2D eigenvalue weighted by Gasteiger charge is 2.21. The van der Waals surface area contributed by atoms with Crippen LogP contribution in [-0.2, 0) is 4.79 Å². The molecule has 0 saturated heterocycles. The lowest BCUT2D eigenvalue weighted by molar-refractivity contribution is -0.120. The lowest BCUT2D eigenvalue weighted by Gasteiger charge is -2.19. The molecule has 1 aliphatic carbocycles. The molecule has 2 rings (SSSR count). The minimum atomic E-state index is 0.0749. The van der Waals surface area contributed by atoms with E-state index in [2.05, 4.69) is 10.5 Å².